The van der Waals surface area contributed by atoms with Gasteiger partial charge in [0.1, 0.15) is 5.82 Å². The van der Waals surface area contributed by atoms with E-state index >= 15 is 0 Å². The van der Waals surface area contributed by atoms with Crippen LogP contribution in [-0.2, 0) is 5.41 Å². The second-order valence-corrected chi connectivity index (χ2v) is 18.7. The highest BCUT2D eigenvalue weighted by Crippen LogP contribution is 2.60. The van der Waals surface area contributed by atoms with Gasteiger partial charge in [0.2, 0.25) is 0 Å². The Balaban J connectivity index is 0.952. The van der Waals surface area contributed by atoms with Crippen molar-refractivity contribution in [1.82, 2.24) is 29.5 Å². The number of fused-ring (bicyclic) bond motifs is 6. The summed E-state index contributed by atoms with van der Waals surface area (Å²) in [7, 11) is 0. The van der Waals surface area contributed by atoms with Gasteiger partial charge in [0, 0.05) is 57.2 Å². The summed E-state index contributed by atoms with van der Waals surface area (Å²) in [5.41, 5.74) is 18.2. The van der Waals surface area contributed by atoms with Gasteiger partial charge in [-0.3, -0.25) is 9.55 Å². The summed E-state index contributed by atoms with van der Waals surface area (Å²) in [5.74, 6) is 3.21. The summed E-state index contributed by atoms with van der Waals surface area (Å²) in [6.07, 6.45) is 23.4. The van der Waals surface area contributed by atoms with Crippen LogP contribution >= 0.6 is 0 Å². The van der Waals surface area contributed by atoms with Gasteiger partial charge in [0.15, 0.2) is 17.5 Å². The van der Waals surface area contributed by atoms with Gasteiger partial charge < -0.3 is 0 Å². The first kappa shape index (κ1) is 43.0. The second-order valence-electron chi connectivity index (χ2n) is 18.7. The molecule has 12 rings (SSSR count). The molecule has 1 atom stereocenters. The molecule has 0 N–H and O–H groups in total. The number of para-hydroxylation sites is 2. The Morgan fingerprint density at radius 1 is 0.629 bits per heavy atom. The van der Waals surface area contributed by atoms with Crippen LogP contribution in [0, 0.1) is 0 Å². The highest BCUT2D eigenvalue weighted by Gasteiger charge is 2.49. The molecule has 6 aromatic carbocycles. The number of allylic oxidation sites excluding steroid dienone is 9. The molecule has 1 saturated carbocycles. The molecule has 6 heteroatoms. The minimum absolute atomic E-state index is 0.0577. The van der Waals surface area contributed by atoms with E-state index in [1.807, 2.05) is 37.4 Å². The average Bonchev–Trinajstić information content (AvgIpc) is 3.95. The number of imidazole rings is 1. The quantitative estimate of drug-likeness (QED) is 0.128. The Labute approximate surface area is 409 Å². The largest absolute Gasteiger partial charge is 0.292 e. The van der Waals surface area contributed by atoms with Crippen LogP contribution in [0.25, 0.3) is 84.3 Å². The van der Waals surface area contributed by atoms with Gasteiger partial charge in [-0.05, 0) is 114 Å². The lowest BCUT2D eigenvalue weighted by molar-refractivity contribution is 0.342. The van der Waals surface area contributed by atoms with Crippen LogP contribution in [-0.4, -0.2) is 29.5 Å². The molecule has 1 spiro atoms. The van der Waals surface area contributed by atoms with Gasteiger partial charge in [-0.15, -0.1) is 0 Å². The summed E-state index contributed by atoms with van der Waals surface area (Å²) in [5, 5.41) is 0. The van der Waals surface area contributed by atoms with Gasteiger partial charge in [0.05, 0.1) is 11.0 Å². The predicted molar refractivity (Wildman–Crippen MR) is 287 cm³/mol. The molecule has 6 nitrogen and oxygen atoms in total. The molecule has 70 heavy (non-hydrogen) atoms. The number of benzene rings is 6. The fourth-order valence-electron chi connectivity index (χ4n) is 11.3. The molecular formula is C64H52N6. The fourth-order valence-corrected chi connectivity index (χ4v) is 11.3. The van der Waals surface area contributed by atoms with E-state index in [0.29, 0.717) is 23.4 Å². The van der Waals surface area contributed by atoms with Gasteiger partial charge >= 0.3 is 0 Å². The molecular weight excluding hydrogens is 853 g/mol. The van der Waals surface area contributed by atoms with E-state index in [1.165, 1.54) is 47.1 Å². The average molecular weight is 905 g/mol. The molecule has 0 saturated heterocycles. The fraction of sp³-hybridized carbons (Fsp3) is 0.141. The lowest BCUT2D eigenvalue weighted by atomic mass is 9.65. The molecule has 1 unspecified atom stereocenters. The third-order valence-corrected chi connectivity index (χ3v) is 14.6. The molecule has 3 heterocycles. The third-order valence-electron chi connectivity index (χ3n) is 14.6. The van der Waals surface area contributed by atoms with E-state index in [4.69, 9.17) is 19.9 Å². The lowest BCUT2D eigenvalue weighted by Gasteiger charge is -2.38. The first-order valence-corrected chi connectivity index (χ1v) is 24.6. The summed E-state index contributed by atoms with van der Waals surface area (Å²) in [6.45, 7) is 6.14. The van der Waals surface area contributed by atoms with Crippen LogP contribution in [0.1, 0.15) is 73.9 Å². The van der Waals surface area contributed by atoms with Crippen molar-refractivity contribution in [3.63, 3.8) is 0 Å². The molecule has 3 aromatic heterocycles. The summed E-state index contributed by atoms with van der Waals surface area (Å²) >= 11 is 0. The Bertz CT molecular complexity index is 3590. The van der Waals surface area contributed by atoms with Crippen LogP contribution in [0.3, 0.4) is 0 Å². The topological polar surface area (TPSA) is 69.4 Å². The van der Waals surface area contributed by atoms with E-state index in [1.54, 1.807) is 6.20 Å². The minimum Gasteiger partial charge on any atom is -0.292 e. The smallest absolute Gasteiger partial charge is 0.164 e. The van der Waals surface area contributed by atoms with Crippen LogP contribution < -0.4 is 0 Å². The van der Waals surface area contributed by atoms with Crippen LogP contribution in [0.4, 0.5) is 0 Å². The van der Waals surface area contributed by atoms with Crippen molar-refractivity contribution in [3.8, 4) is 62.1 Å². The van der Waals surface area contributed by atoms with Gasteiger partial charge in [0.25, 0.3) is 0 Å². The van der Waals surface area contributed by atoms with Crippen molar-refractivity contribution < 1.29 is 0 Å². The summed E-state index contributed by atoms with van der Waals surface area (Å²) in [4.78, 5) is 25.4. The number of hydrogen-bond acceptors (Lipinski definition) is 5. The number of aromatic nitrogens is 6. The molecule has 3 aliphatic carbocycles. The molecule has 0 radical (unpaired) electrons. The maximum Gasteiger partial charge on any atom is 0.164 e. The molecule has 0 aliphatic heterocycles. The van der Waals surface area contributed by atoms with Crippen molar-refractivity contribution in [2.75, 3.05) is 0 Å². The van der Waals surface area contributed by atoms with Gasteiger partial charge in [-0.1, -0.05) is 177 Å². The Morgan fingerprint density at radius 3 is 2.13 bits per heavy atom. The Kier molecular flexibility index (Phi) is 11.2. The van der Waals surface area contributed by atoms with E-state index < -0.39 is 0 Å². The second kappa shape index (κ2) is 18.3. The zero-order valence-corrected chi connectivity index (χ0v) is 39.3. The maximum atomic E-state index is 5.34. The normalized spacial score (nSPS) is 16.2. The number of rotatable bonds is 10. The molecule has 0 bridgehead atoms. The molecule has 1 fully saturated rings. The molecule has 338 valence electrons. The first-order valence-electron chi connectivity index (χ1n) is 24.6. The lowest BCUT2D eigenvalue weighted by Crippen LogP contribution is -2.29. The van der Waals surface area contributed by atoms with Crippen molar-refractivity contribution in [1.29, 1.82) is 0 Å². The van der Waals surface area contributed by atoms with Gasteiger partial charge in [-0.25, -0.2) is 19.9 Å². The number of nitrogens with zero attached hydrogens (tertiary/aromatic N) is 6. The minimum atomic E-state index is -0.0577. The van der Waals surface area contributed by atoms with E-state index in [9.17, 15) is 0 Å². The van der Waals surface area contributed by atoms with E-state index in [2.05, 4.69) is 186 Å². The molecule has 9 aromatic rings. The predicted octanol–water partition coefficient (Wildman–Crippen LogP) is 15.8. The number of pyridine rings is 1. The zero-order chi connectivity index (χ0) is 47.0. The molecule has 3 aliphatic rings. The summed E-state index contributed by atoms with van der Waals surface area (Å²) < 4.78 is 2.31. The highest BCUT2D eigenvalue weighted by atomic mass is 15.1. The van der Waals surface area contributed by atoms with Crippen molar-refractivity contribution in [2.24, 2.45) is 0 Å². The van der Waals surface area contributed by atoms with Crippen molar-refractivity contribution in [3.05, 3.63) is 241 Å². The summed E-state index contributed by atoms with van der Waals surface area (Å²) in [6, 6.07) is 56.2. The van der Waals surface area contributed by atoms with E-state index in [0.717, 1.165) is 86.3 Å². The van der Waals surface area contributed by atoms with Crippen molar-refractivity contribution in [2.45, 2.75) is 56.8 Å². The zero-order valence-electron chi connectivity index (χ0n) is 39.3. The van der Waals surface area contributed by atoms with E-state index in [-0.39, 0.29) is 5.41 Å². The first-order chi connectivity index (χ1) is 34.6. The molecule has 0 amide bonds. The van der Waals surface area contributed by atoms with Crippen LogP contribution in [0.2, 0.25) is 0 Å². The highest BCUT2D eigenvalue weighted by molar-refractivity contribution is 5.85. The van der Waals surface area contributed by atoms with Crippen LogP contribution in [0.5, 0.6) is 0 Å². The SMILES string of the molecule is C=C/C(=C\C=C/C)c1cccc(-c2nc(C3=CCC4C(=C3)C3(CCCCC3)c3cc(-c5cccc(-n6c(-c7ccccc7)nc7ccccc76)c5)ccc34)nc(-c3cccc(-c4cccnc4)c3)n2)c1. The third kappa shape index (κ3) is 7.76. The number of hydrogen-bond donors (Lipinski definition) is 0. The van der Waals surface area contributed by atoms with Crippen LogP contribution in [0.15, 0.2) is 219 Å². The standard InChI is InChI=1S/C64H52N6/c1-3-5-18-43(4-2)45-21-14-24-49(37-45)60-67-61(50-25-15-22-46(38-50)52-26-17-36-65-42-52)69-62(68-60)51-31-33-55-54-32-30-48(40-56(54)64(57(55)41-51)34-12-7-13-35-64)47-23-16-27-53(39-47)70-59-29-11-10-28-58(59)66-63(70)44-19-8-6-9-20-44/h3-6,8-11,14-32,36-42,55H,2,7,12-13,33-35H2,1H3/b5-3-,43-18+. The van der Waals surface area contributed by atoms with Gasteiger partial charge in [-0.2, -0.15) is 0 Å². The monoisotopic (exact) mass is 904 g/mol. The Morgan fingerprint density at radius 2 is 1.33 bits per heavy atom. The Hall–Kier alpha value is -8.35. The van der Waals surface area contributed by atoms with Crippen molar-refractivity contribution >= 4 is 22.2 Å². The maximum absolute atomic E-state index is 5.34.